The van der Waals surface area contributed by atoms with Crippen LogP contribution in [0.3, 0.4) is 0 Å². The molecule has 0 atom stereocenters. The molecule has 3 heteroatoms. The number of halogens is 1. The molecule has 1 fully saturated rings. The highest BCUT2D eigenvalue weighted by atomic mass is 127. The average molecular weight is 269 g/mol. The lowest BCUT2D eigenvalue weighted by Gasteiger charge is -2.26. The number of carbonyl (C=O) groups is 1. The number of likely N-dealkylation sites (tertiary alicyclic amines) is 1. The van der Waals surface area contributed by atoms with E-state index in [4.69, 9.17) is 0 Å². The van der Waals surface area contributed by atoms with Crippen LogP contribution in [0.1, 0.15) is 19.8 Å². The van der Waals surface area contributed by atoms with Crippen molar-refractivity contribution in [2.75, 3.05) is 20.1 Å². The molecule has 1 aliphatic rings. The summed E-state index contributed by atoms with van der Waals surface area (Å²) in [6, 6.07) is 0. The topological polar surface area (TPSA) is 20.3 Å². The van der Waals surface area contributed by atoms with Crippen LogP contribution in [0.2, 0.25) is 0 Å². The van der Waals surface area contributed by atoms with Crippen LogP contribution in [0.15, 0.2) is 0 Å². The summed E-state index contributed by atoms with van der Waals surface area (Å²) in [5.74, 6) is 0.726. The number of hydrogen-bond acceptors (Lipinski definition) is 2. The zero-order valence-corrected chi connectivity index (χ0v) is 9.50. The van der Waals surface area contributed by atoms with Crippen molar-refractivity contribution in [2.45, 2.75) is 19.8 Å². The lowest BCUT2D eigenvalue weighted by atomic mass is 9.94. The predicted molar refractivity (Wildman–Crippen MR) is 56.3 cm³/mol. The summed E-state index contributed by atoms with van der Waals surface area (Å²) >= 11 is 0. The number of Topliss-reactive ketones (excluding diaryl/α,β-unsaturated/α-hetero) is 1. The van der Waals surface area contributed by atoms with E-state index in [-0.39, 0.29) is 24.0 Å². The van der Waals surface area contributed by atoms with Crippen molar-refractivity contribution in [3.05, 3.63) is 0 Å². The van der Waals surface area contributed by atoms with Crippen molar-refractivity contribution < 1.29 is 4.79 Å². The third kappa shape index (κ3) is 3.51. The molecule has 0 aliphatic carbocycles. The number of rotatable bonds is 1. The van der Waals surface area contributed by atoms with Crippen LogP contribution in [0.25, 0.3) is 0 Å². The van der Waals surface area contributed by atoms with E-state index in [0.717, 1.165) is 25.9 Å². The number of ketones is 1. The predicted octanol–water partition coefficient (Wildman–Crippen LogP) is 1.54. The minimum absolute atomic E-state index is 0. The highest BCUT2D eigenvalue weighted by Crippen LogP contribution is 2.15. The quantitative estimate of drug-likeness (QED) is 0.673. The second kappa shape index (κ2) is 5.09. The van der Waals surface area contributed by atoms with Gasteiger partial charge >= 0.3 is 0 Å². The lowest BCUT2D eigenvalue weighted by molar-refractivity contribution is -0.121. The van der Waals surface area contributed by atoms with Crippen molar-refractivity contribution in [1.82, 2.24) is 4.90 Å². The van der Waals surface area contributed by atoms with E-state index in [1.807, 2.05) is 0 Å². The lowest BCUT2D eigenvalue weighted by Crippen LogP contribution is -2.32. The van der Waals surface area contributed by atoms with Gasteiger partial charge in [0.2, 0.25) is 0 Å². The van der Waals surface area contributed by atoms with Crippen LogP contribution in [0.4, 0.5) is 0 Å². The molecular weight excluding hydrogens is 253 g/mol. The van der Waals surface area contributed by atoms with E-state index in [1.54, 1.807) is 6.92 Å². The molecule has 1 aliphatic heterocycles. The SMILES string of the molecule is CC(=O)C1CCN(C)CC1.I. The summed E-state index contributed by atoms with van der Waals surface area (Å²) in [5, 5.41) is 0. The van der Waals surface area contributed by atoms with Gasteiger partial charge in [-0.3, -0.25) is 4.79 Å². The largest absolute Gasteiger partial charge is 0.306 e. The molecular formula is C8H16INO. The first-order valence-electron chi connectivity index (χ1n) is 3.89. The first-order chi connectivity index (χ1) is 4.70. The molecule has 1 rings (SSSR count). The molecule has 0 N–H and O–H groups in total. The molecule has 0 saturated carbocycles. The van der Waals surface area contributed by atoms with Gasteiger partial charge in [0.15, 0.2) is 0 Å². The van der Waals surface area contributed by atoms with E-state index in [0.29, 0.717) is 11.7 Å². The second-order valence-electron chi connectivity index (χ2n) is 3.19. The Morgan fingerprint density at radius 1 is 1.36 bits per heavy atom. The van der Waals surface area contributed by atoms with Gasteiger partial charge in [-0.15, -0.1) is 24.0 Å². The molecule has 1 saturated heterocycles. The van der Waals surface area contributed by atoms with Crippen LogP contribution < -0.4 is 0 Å². The molecule has 0 aromatic carbocycles. The van der Waals surface area contributed by atoms with Crippen molar-refractivity contribution in [3.8, 4) is 0 Å². The highest BCUT2D eigenvalue weighted by molar-refractivity contribution is 14.0. The number of carbonyl (C=O) groups excluding carboxylic acids is 1. The third-order valence-corrected chi connectivity index (χ3v) is 2.29. The van der Waals surface area contributed by atoms with E-state index in [9.17, 15) is 4.79 Å². The molecule has 66 valence electrons. The zero-order valence-electron chi connectivity index (χ0n) is 7.17. The fourth-order valence-corrected chi connectivity index (χ4v) is 1.42. The summed E-state index contributed by atoms with van der Waals surface area (Å²) in [5.41, 5.74) is 0. The number of nitrogens with zero attached hydrogens (tertiary/aromatic N) is 1. The molecule has 0 amide bonds. The Labute approximate surface area is 85.4 Å². The second-order valence-corrected chi connectivity index (χ2v) is 3.19. The van der Waals surface area contributed by atoms with Gasteiger partial charge in [-0.1, -0.05) is 0 Å². The standard InChI is InChI=1S/C8H15NO.HI/c1-7(10)8-3-5-9(2)6-4-8;/h8H,3-6H2,1-2H3;1H. The van der Waals surface area contributed by atoms with Crippen molar-refractivity contribution in [2.24, 2.45) is 5.92 Å². The van der Waals surface area contributed by atoms with Gasteiger partial charge < -0.3 is 4.90 Å². The minimum Gasteiger partial charge on any atom is -0.306 e. The zero-order chi connectivity index (χ0) is 7.56. The van der Waals surface area contributed by atoms with E-state index < -0.39 is 0 Å². The first-order valence-corrected chi connectivity index (χ1v) is 3.89. The van der Waals surface area contributed by atoms with E-state index >= 15 is 0 Å². The molecule has 0 aromatic heterocycles. The van der Waals surface area contributed by atoms with Crippen LogP contribution in [0, 0.1) is 5.92 Å². The highest BCUT2D eigenvalue weighted by Gasteiger charge is 2.19. The molecule has 1 heterocycles. The van der Waals surface area contributed by atoms with E-state index in [2.05, 4.69) is 11.9 Å². The number of hydrogen-bond donors (Lipinski definition) is 0. The first kappa shape index (κ1) is 11.4. The van der Waals surface area contributed by atoms with Gasteiger partial charge in [0.1, 0.15) is 5.78 Å². The Kier molecular flexibility index (Phi) is 5.25. The minimum atomic E-state index is 0. The maximum absolute atomic E-state index is 10.9. The van der Waals surface area contributed by atoms with Gasteiger partial charge in [-0.25, -0.2) is 0 Å². The summed E-state index contributed by atoms with van der Waals surface area (Å²) in [6.45, 7) is 3.88. The van der Waals surface area contributed by atoms with Crippen LogP contribution in [-0.2, 0) is 4.79 Å². The van der Waals surface area contributed by atoms with Gasteiger partial charge in [0, 0.05) is 5.92 Å². The normalized spacial score (nSPS) is 20.9. The van der Waals surface area contributed by atoms with Crippen LogP contribution >= 0.6 is 24.0 Å². The van der Waals surface area contributed by atoms with Gasteiger partial charge in [-0.05, 0) is 39.9 Å². The fraction of sp³-hybridized carbons (Fsp3) is 0.875. The summed E-state index contributed by atoms with van der Waals surface area (Å²) in [7, 11) is 2.11. The summed E-state index contributed by atoms with van der Waals surface area (Å²) in [4.78, 5) is 13.2. The molecule has 0 radical (unpaired) electrons. The molecule has 0 spiro atoms. The Morgan fingerprint density at radius 2 is 1.82 bits per heavy atom. The average Bonchev–Trinajstić information content (AvgIpc) is 1.88. The van der Waals surface area contributed by atoms with Gasteiger partial charge in [0.25, 0.3) is 0 Å². The Hall–Kier alpha value is 0.360. The Morgan fingerprint density at radius 3 is 2.18 bits per heavy atom. The Balaban J connectivity index is 0.000001000. The Bertz CT molecular complexity index is 130. The smallest absolute Gasteiger partial charge is 0.133 e. The van der Waals surface area contributed by atoms with Crippen LogP contribution in [-0.4, -0.2) is 30.8 Å². The van der Waals surface area contributed by atoms with Crippen LogP contribution in [0.5, 0.6) is 0 Å². The third-order valence-electron chi connectivity index (χ3n) is 2.29. The fourth-order valence-electron chi connectivity index (χ4n) is 1.42. The number of piperidine rings is 1. The summed E-state index contributed by atoms with van der Waals surface area (Å²) in [6.07, 6.45) is 2.12. The molecule has 0 aromatic rings. The van der Waals surface area contributed by atoms with Gasteiger partial charge in [-0.2, -0.15) is 0 Å². The van der Waals surface area contributed by atoms with Crippen molar-refractivity contribution in [1.29, 1.82) is 0 Å². The van der Waals surface area contributed by atoms with Gasteiger partial charge in [0.05, 0.1) is 0 Å². The van der Waals surface area contributed by atoms with E-state index in [1.165, 1.54) is 0 Å². The molecule has 0 unspecified atom stereocenters. The molecule has 2 nitrogen and oxygen atoms in total. The maximum atomic E-state index is 10.9. The van der Waals surface area contributed by atoms with Crippen molar-refractivity contribution >= 4 is 29.8 Å². The summed E-state index contributed by atoms with van der Waals surface area (Å²) < 4.78 is 0. The molecule has 11 heavy (non-hydrogen) atoms. The maximum Gasteiger partial charge on any atom is 0.133 e. The monoisotopic (exact) mass is 269 g/mol. The molecule has 0 bridgehead atoms. The van der Waals surface area contributed by atoms with Crippen molar-refractivity contribution in [3.63, 3.8) is 0 Å².